The summed E-state index contributed by atoms with van der Waals surface area (Å²) in [5, 5.41) is 0. The van der Waals surface area contributed by atoms with E-state index in [1.165, 1.54) is 0 Å². The van der Waals surface area contributed by atoms with Crippen LogP contribution in [0, 0.1) is 13.8 Å². The van der Waals surface area contributed by atoms with Crippen LogP contribution in [0.5, 0.6) is 0 Å². The van der Waals surface area contributed by atoms with Gasteiger partial charge < -0.3 is 18.6 Å². The molecule has 0 aliphatic carbocycles. The molecular weight excluding hydrogens is 248 g/mol. The maximum absolute atomic E-state index is 8.69. The average Bonchev–Trinajstić information content (AvgIpc) is 1.46. The van der Waals surface area contributed by atoms with Crippen LogP contribution in [0.4, 0.5) is 0 Å². The van der Waals surface area contributed by atoms with Gasteiger partial charge in [-0.25, -0.2) is 0 Å². The van der Waals surface area contributed by atoms with Crippen molar-refractivity contribution in [2.75, 3.05) is 0 Å². The van der Waals surface area contributed by atoms with Gasteiger partial charge in [-0.1, -0.05) is 0 Å². The number of carbonyl (C=O) groups excluding carboxylic acids is 1. The molecule has 0 bridgehead atoms. The summed E-state index contributed by atoms with van der Waals surface area (Å²) < 4.78 is 0. The summed E-state index contributed by atoms with van der Waals surface area (Å²) >= 11 is 0. The van der Waals surface area contributed by atoms with Crippen LogP contribution in [0.1, 0.15) is 6.92 Å². The number of carbonyl (C=O) groups is 1. The zero-order valence-corrected chi connectivity index (χ0v) is 6.74. The Morgan fingerprint density at radius 2 is 1.50 bits per heavy atom. The first-order chi connectivity index (χ1) is 2.41. The molecule has 0 saturated carbocycles. The summed E-state index contributed by atoms with van der Waals surface area (Å²) in [4.78, 5) is 8.69. The van der Waals surface area contributed by atoms with Gasteiger partial charge in [0.25, 0.3) is 0 Å². The molecule has 0 fully saturated rings. The van der Waals surface area contributed by atoms with Gasteiger partial charge in [0.05, 0.1) is 0 Å². The second kappa shape index (κ2) is 62.0. The van der Waals surface area contributed by atoms with Gasteiger partial charge in [0, 0.05) is 0 Å². The van der Waals surface area contributed by atoms with Crippen LogP contribution in [0.25, 0.3) is 0 Å². The second-order valence-electron chi connectivity index (χ2n) is 0.167. The summed E-state index contributed by atoms with van der Waals surface area (Å²) in [5.41, 5.74) is 0. The molecule has 0 atom stereocenters. The average molecular weight is 256 g/mol. The van der Waals surface area contributed by atoms with E-state index in [9.17, 15) is 0 Å². The minimum absolute atomic E-state index is 0. The van der Waals surface area contributed by atoms with Gasteiger partial charge in [0.1, 0.15) is 0 Å². The fourth-order valence-electron chi connectivity index (χ4n) is 0. The van der Waals surface area contributed by atoms with Crippen molar-refractivity contribution < 1.29 is 25.9 Å². The van der Waals surface area contributed by atoms with Crippen LogP contribution >= 0.6 is 0 Å². The zero-order chi connectivity index (χ0) is 4.71. The minimum Gasteiger partial charge on any atom is -0.346 e. The van der Waals surface area contributed by atoms with Crippen LogP contribution in [0.2, 0.25) is 0 Å². The molecule has 0 aliphatic heterocycles. The monoisotopic (exact) mass is 256 g/mol. The Morgan fingerprint density at radius 3 is 1.50 bits per heavy atom. The SMILES string of the molecule is [CH2-]C.[CH2-]C=O.[W+2]. The first-order valence-corrected chi connectivity index (χ1v) is 1.35. The molecule has 0 unspecified atom stereocenters. The molecule has 1 nitrogen and oxygen atoms in total. The van der Waals surface area contributed by atoms with Crippen molar-refractivity contribution in [1.29, 1.82) is 0 Å². The van der Waals surface area contributed by atoms with E-state index >= 15 is 0 Å². The maximum atomic E-state index is 8.69. The third-order valence-electron chi connectivity index (χ3n) is 0. The summed E-state index contributed by atoms with van der Waals surface area (Å²) in [6.07, 6.45) is 0.500. The van der Waals surface area contributed by atoms with Crippen molar-refractivity contribution in [3.8, 4) is 0 Å². The number of rotatable bonds is 0. The predicted molar refractivity (Wildman–Crippen MR) is 22.5 cm³/mol. The molecule has 6 heavy (non-hydrogen) atoms. The van der Waals surface area contributed by atoms with Crippen LogP contribution in [0.3, 0.4) is 0 Å². The molecule has 0 aromatic rings. The second-order valence-corrected chi connectivity index (χ2v) is 0.167. The largest absolute Gasteiger partial charge is 2.00 e. The normalized spacial score (nSPS) is 3.00. The standard InChI is InChI=1S/C2H3O.C2H5.W/c1-2-3;1-2;/h2H,1H2;1H2,2H3;/q2*-1;+2. The van der Waals surface area contributed by atoms with E-state index in [0.717, 1.165) is 0 Å². The van der Waals surface area contributed by atoms with Crippen molar-refractivity contribution in [2.24, 2.45) is 0 Å². The molecule has 0 heterocycles. The van der Waals surface area contributed by atoms with Crippen LogP contribution < -0.4 is 0 Å². The minimum atomic E-state index is 0. The fraction of sp³-hybridized carbons (Fsp3) is 0.250. The third-order valence-corrected chi connectivity index (χ3v) is 0. The van der Waals surface area contributed by atoms with Crippen molar-refractivity contribution >= 4 is 6.29 Å². The van der Waals surface area contributed by atoms with Crippen molar-refractivity contribution in [2.45, 2.75) is 6.92 Å². The van der Waals surface area contributed by atoms with Crippen LogP contribution in [-0.2, 0) is 25.9 Å². The summed E-state index contributed by atoms with van der Waals surface area (Å²) in [7, 11) is 0. The Labute approximate surface area is 53.4 Å². The van der Waals surface area contributed by atoms with E-state index in [1.54, 1.807) is 6.92 Å². The molecule has 0 rings (SSSR count). The first kappa shape index (κ1) is 16.3. The zero-order valence-electron chi connectivity index (χ0n) is 3.81. The summed E-state index contributed by atoms with van der Waals surface area (Å²) in [6, 6.07) is 0. The van der Waals surface area contributed by atoms with Gasteiger partial charge in [0.15, 0.2) is 0 Å². The van der Waals surface area contributed by atoms with E-state index in [0.29, 0.717) is 6.29 Å². The molecule has 0 saturated heterocycles. The topological polar surface area (TPSA) is 17.1 Å². The van der Waals surface area contributed by atoms with Gasteiger partial charge in [-0.2, -0.15) is 6.92 Å². The van der Waals surface area contributed by atoms with E-state index in [1.807, 2.05) is 0 Å². The van der Waals surface area contributed by atoms with E-state index in [2.05, 4.69) is 13.8 Å². The van der Waals surface area contributed by atoms with Crippen molar-refractivity contribution in [3.63, 3.8) is 0 Å². The fourth-order valence-corrected chi connectivity index (χ4v) is 0. The quantitative estimate of drug-likeness (QED) is 0.464. The number of hydrogen-bond donors (Lipinski definition) is 0. The molecule has 2 heteroatoms. The van der Waals surface area contributed by atoms with E-state index < -0.39 is 0 Å². The molecule has 0 aromatic carbocycles. The van der Waals surface area contributed by atoms with Gasteiger partial charge in [0.2, 0.25) is 0 Å². The van der Waals surface area contributed by atoms with E-state index in [-0.39, 0.29) is 21.1 Å². The smallest absolute Gasteiger partial charge is 0.346 e. The Hall–Kier alpha value is 0.228. The third kappa shape index (κ3) is 845. The Balaban J connectivity index is -0.0000000275. The Bertz CT molecular complexity index is 15.0. The maximum Gasteiger partial charge on any atom is 2.00 e. The van der Waals surface area contributed by atoms with Gasteiger partial charge in [-0.15, -0.1) is 0 Å². The van der Waals surface area contributed by atoms with Crippen molar-refractivity contribution in [3.05, 3.63) is 13.8 Å². The molecular formula is C4H8OW. The Kier molecular flexibility index (Phi) is 169. The van der Waals surface area contributed by atoms with E-state index in [4.69, 9.17) is 4.79 Å². The molecule has 0 aliphatic rings. The number of aldehydes is 1. The first-order valence-electron chi connectivity index (χ1n) is 1.35. The van der Waals surface area contributed by atoms with Crippen molar-refractivity contribution in [1.82, 2.24) is 0 Å². The van der Waals surface area contributed by atoms with Gasteiger partial charge in [-0.05, 0) is 6.29 Å². The molecule has 0 N–H and O–H groups in total. The molecule has 36 valence electrons. The predicted octanol–water partition coefficient (Wildman–Crippen LogP) is 0.857. The molecule has 0 aromatic heterocycles. The van der Waals surface area contributed by atoms with Crippen LogP contribution in [0.15, 0.2) is 0 Å². The molecule has 0 amide bonds. The van der Waals surface area contributed by atoms with Gasteiger partial charge in [-0.3, -0.25) is 0 Å². The Morgan fingerprint density at radius 1 is 1.50 bits per heavy atom. The molecule has 0 radical (unpaired) electrons. The summed E-state index contributed by atoms with van der Waals surface area (Å²) in [5.74, 6) is 0. The van der Waals surface area contributed by atoms with Gasteiger partial charge >= 0.3 is 21.1 Å². The van der Waals surface area contributed by atoms with Crippen LogP contribution in [-0.4, -0.2) is 6.29 Å². The number of hydrogen-bond acceptors (Lipinski definition) is 1. The summed E-state index contributed by atoms with van der Waals surface area (Å²) in [6.45, 7) is 7.81. The molecule has 0 spiro atoms.